The van der Waals surface area contributed by atoms with Crippen molar-refractivity contribution in [3.8, 4) is 0 Å². The molecule has 1 aliphatic heterocycles. The molecule has 0 radical (unpaired) electrons. The second-order valence-electron chi connectivity index (χ2n) is 9.43. The fourth-order valence-electron chi connectivity index (χ4n) is 4.34. The first-order chi connectivity index (χ1) is 21.1. The van der Waals surface area contributed by atoms with Crippen LogP contribution in [0.1, 0.15) is 22.8 Å². The first-order valence-electron chi connectivity index (χ1n) is 13.3. The van der Waals surface area contributed by atoms with Crippen LogP contribution in [0.3, 0.4) is 0 Å². The van der Waals surface area contributed by atoms with Gasteiger partial charge in [0.15, 0.2) is 0 Å². The third kappa shape index (κ3) is 6.56. The van der Waals surface area contributed by atoms with E-state index in [0.29, 0.717) is 15.8 Å². The number of nitro benzene ring substituents is 1. The minimum absolute atomic E-state index is 0.0324. The number of thiazole rings is 1. The molecule has 5 rings (SSSR count). The van der Waals surface area contributed by atoms with E-state index in [1.165, 1.54) is 82.1 Å². The average Bonchev–Trinajstić information content (AvgIpc) is 3.44. The molecule has 0 bridgehead atoms. The highest BCUT2D eigenvalue weighted by atomic mass is 32.2. The summed E-state index contributed by atoms with van der Waals surface area (Å²) in [6, 6.07) is 14.8. The van der Waals surface area contributed by atoms with Gasteiger partial charge in [0.25, 0.3) is 11.6 Å². The zero-order valence-electron chi connectivity index (χ0n) is 23.2. The molecule has 1 fully saturated rings. The number of hydrogen-bond acceptors (Lipinski definition) is 10. The van der Waals surface area contributed by atoms with Crippen molar-refractivity contribution in [1.29, 1.82) is 0 Å². The molecule has 1 saturated heterocycles. The molecule has 0 aliphatic carbocycles. The molecule has 4 aromatic rings. The van der Waals surface area contributed by atoms with E-state index in [0.717, 1.165) is 16.3 Å². The van der Waals surface area contributed by atoms with Crippen LogP contribution in [0.4, 0.5) is 20.0 Å². The number of hydrazone groups is 1. The Morgan fingerprint density at radius 1 is 1.09 bits per heavy atom. The molecule has 44 heavy (non-hydrogen) atoms. The Bertz CT molecular complexity index is 1840. The van der Waals surface area contributed by atoms with Gasteiger partial charge >= 0.3 is 6.09 Å². The van der Waals surface area contributed by atoms with E-state index in [4.69, 9.17) is 4.74 Å². The molecule has 0 N–H and O–H groups in total. The number of non-ortho nitro benzene ring substituents is 1. The van der Waals surface area contributed by atoms with Crippen LogP contribution in [0, 0.1) is 15.9 Å². The monoisotopic (exact) mass is 640 g/mol. The Morgan fingerprint density at radius 2 is 1.77 bits per heavy atom. The summed E-state index contributed by atoms with van der Waals surface area (Å²) in [7, 11) is -3.91. The normalized spacial score (nSPS) is 14.2. The van der Waals surface area contributed by atoms with Gasteiger partial charge in [-0.25, -0.2) is 22.6 Å². The molecule has 0 spiro atoms. The fraction of sp³-hybridized carbons (Fsp3) is 0.214. The van der Waals surface area contributed by atoms with Gasteiger partial charge in [-0.1, -0.05) is 11.3 Å². The maximum atomic E-state index is 13.8. The summed E-state index contributed by atoms with van der Waals surface area (Å²) in [5.74, 6) is -1.12. The number of sulfonamides is 1. The Morgan fingerprint density at radius 3 is 2.41 bits per heavy atom. The van der Waals surface area contributed by atoms with E-state index in [1.54, 1.807) is 6.92 Å². The lowest BCUT2D eigenvalue weighted by Crippen LogP contribution is -2.50. The maximum Gasteiger partial charge on any atom is 0.409 e. The minimum Gasteiger partial charge on any atom is -0.450 e. The molecule has 1 aliphatic rings. The number of anilines is 1. The molecule has 13 nitrogen and oxygen atoms in total. The minimum atomic E-state index is -3.91. The highest BCUT2D eigenvalue weighted by Crippen LogP contribution is 2.31. The van der Waals surface area contributed by atoms with E-state index in [-0.39, 0.29) is 54.1 Å². The number of rotatable bonds is 8. The van der Waals surface area contributed by atoms with Gasteiger partial charge in [-0.3, -0.25) is 14.9 Å². The number of fused-ring (bicyclic) bond motifs is 1. The summed E-state index contributed by atoms with van der Waals surface area (Å²) in [6.07, 6.45) is 0.828. The first-order valence-corrected chi connectivity index (χ1v) is 15.5. The number of piperazine rings is 1. The van der Waals surface area contributed by atoms with Crippen molar-refractivity contribution in [2.24, 2.45) is 5.10 Å². The van der Waals surface area contributed by atoms with Gasteiger partial charge in [0.1, 0.15) is 5.82 Å². The zero-order valence-corrected chi connectivity index (χ0v) is 24.8. The number of nitrogens with zero attached hydrogens (tertiary/aromatic N) is 6. The number of nitro groups is 1. The van der Waals surface area contributed by atoms with Crippen LogP contribution in [-0.4, -0.2) is 78.5 Å². The predicted octanol–water partition coefficient (Wildman–Crippen LogP) is 4.49. The molecular weight excluding hydrogens is 615 g/mol. The van der Waals surface area contributed by atoms with Crippen LogP contribution >= 0.6 is 11.3 Å². The molecule has 228 valence electrons. The van der Waals surface area contributed by atoms with Crippen molar-refractivity contribution >= 4 is 60.6 Å². The van der Waals surface area contributed by atoms with Crippen LogP contribution in [0.5, 0.6) is 0 Å². The SMILES string of the molecule is CCOC(=O)N1CCN(S(=O)(=O)c2ccc(C(=O)N(/N=C/c3ccc([N+](=O)[O-])cc3)c3nc4ccc(F)cc4s3)cc2)CC1. The number of halogens is 1. The van der Waals surface area contributed by atoms with Crippen molar-refractivity contribution in [2.45, 2.75) is 11.8 Å². The summed E-state index contributed by atoms with van der Waals surface area (Å²) in [4.78, 5) is 41.9. The van der Waals surface area contributed by atoms with Gasteiger partial charge in [-0.05, 0) is 67.1 Å². The van der Waals surface area contributed by atoms with Crippen molar-refractivity contribution in [3.05, 3.63) is 93.8 Å². The van der Waals surface area contributed by atoms with Gasteiger partial charge in [0.05, 0.1) is 32.9 Å². The van der Waals surface area contributed by atoms with E-state index >= 15 is 0 Å². The maximum absolute atomic E-state index is 13.8. The van der Waals surface area contributed by atoms with Crippen LogP contribution in [0.25, 0.3) is 10.2 Å². The number of aromatic nitrogens is 1. The molecule has 1 aromatic heterocycles. The Labute approximate surface area is 255 Å². The number of amides is 2. The molecule has 2 heterocycles. The number of benzene rings is 3. The average molecular weight is 641 g/mol. The summed E-state index contributed by atoms with van der Waals surface area (Å²) in [6.45, 7) is 2.46. The number of carbonyl (C=O) groups is 2. The summed E-state index contributed by atoms with van der Waals surface area (Å²) < 4.78 is 47.1. The molecule has 0 atom stereocenters. The topological polar surface area (TPSA) is 156 Å². The van der Waals surface area contributed by atoms with Gasteiger partial charge in [-0.15, -0.1) is 0 Å². The second-order valence-corrected chi connectivity index (χ2v) is 12.4. The Balaban J connectivity index is 1.39. The lowest BCUT2D eigenvalue weighted by atomic mass is 10.2. The second kappa shape index (κ2) is 12.8. The van der Waals surface area contributed by atoms with E-state index in [9.17, 15) is 32.5 Å². The molecule has 3 aromatic carbocycles. The number of ether oxygens (including phenoxy) is 1. The molecule has 2 amide bonds. The van der Waals surface area contributed by atoms with Crippen LogP contribution < -0.4 is 5.01 Å². The summed E-state index contributed by atoms with van der Waals surface area (Å²) in [5.41, 5.74) is 0.894. The highest BCUT2D eigenvalue weighted by molar-refractivity contribution is 7.89. The van der Waals surface area contributed by atoms with Crippen molar-refractivity contribution in [3.63, 3.8) is 0 Å². The zero-order chi connectivity index (χ0) is 31.4. The molecule has 0 unspecified atom stereocenters. The quantitative estimate of drug-likeness (QED) is 0.155. The summed E-state index contributed by atoms with van der Waals surface area (Å²) in [5, 5.41) is 16.4. The van der Waals surface area contributed by atoms with Crippen molar-refractivity contribution in [2.75, 3.05) is 37.8 Å². The lowest BCUT2D eigenvalue weighted by molar-refractivity contribution is -0.384. The molecule has 0 saturated carbocycles. The smallest absolute Gasteiger partial charge is 0.409 e. The largest absolute Gasteiger partial charge is 0.450 e. The highest BCUT2D eigenvalue weighted by Gasteiger charge is 2.31. The van der Waals surface area contributed by atoms with Gasteiger partial charge in [0, 0.05) is 43.9 Å². The van der Waals surface area contributed by atoms with Gasteiger partial charge in [0.2, 0.25) is 15.2 Å². The van der Waals surface area contributed by atoms with E-state index in [1.807, 2.05) is 0 Å². The van der Waals surface area contributed by atoms with Crippen LogP contribution in [0.2, 0.25) is 0 Å². The number of hydrogen-bond donors (Lipinski definition) is 0. The summed E-state index contributed by atoms with van der Waals surface area (Å²) >= 11 is 1.03. The lowest BCUT2D eigenvalue weighted by Gasteiger charge is -2.33. The molecular formula is C28H25FN6O7S2. The van der Waals surface area contributed by atoms with Crippen molar-refractivity contribution < 1.29 is 32.1 Å². The predicted molar refractivity (Wildman–Crippen MR) is 161 cm³/mol. The van der Waals surface area contributed by atoms with E-state index < -0.39 is 32.8 Å². The first kappa shape index (κ1) is 30.7. The fourth-order valence-corrected chi connectivity index (χ4v) is 6.71. The molecule has 16 heteroatoms. The third-order valence-electron chi connectivity index (χ3n) is 6.64. The van der Waals surface area contributed by atoms with Crippen LogP contribution in [0.15, 0.2) is 76.7 Å². The van der Waals surface area contributed by atoms with Gasteiger partial charge in [-0.2, -0.15) is 14.4 Å². The standard InChI is InChI=1S/C28H25FN6O7S2/c1-2-42-28(37)32-13-15-33(16-14-32)44(40,41)23-10-5-20(6-11-23)26(36)34(27-31-24-12-7-21(29)17-25(24)43-27)30-18-19-3-8-22(9-4-19)35(38)39/h3-12,17-18H,2,13-16H2,1H3/b30-18+. The number of carbonyl (C=O) groups excluding carboxylic acids is 2. The Kier molecular flexibility index (Phi) is 8.93. The third-order valence-corrected chi connectivity index (χ3v) is 9.55. The Hall–Kier alpha value is -4.80. The van der Waals surface area contributed by atoms with Gasteiger partial charge < -0.3 is 9.64 Å². The van der Waals surface area contributed by atoms with Crippen molar-refractivity contribution in [1.82, 2.24) is 14.2 Å². The van der Waals surface area contributed by atoms with E-state index in [2.05, 4.69) is 10.1 Å². The van der Waals surface area contributed by atoms with Crippen LogP contribution in [-0.2, 0) is 14.8 Å².